The van der Waals surface area contributed by atoms with Gasteiger partial charge in [-0.3, -0.25) is 0 Å². The van der Waals surface area contributed by atoms with Gasteiger partial charge in [-0.2, -0.15) is 12.6 Å². The van der Waals surface area contributed by atoms with Crippen molar-refractivity contribution in [2.75, 3.05) is 0 Å². The Morgan fingerprint density at radius 1 is 1.25 bits per heavy atom. The summed E-state index contributed by atoms with van der Waals surface area (Å²) >= 11 is 4.35. The minimum Gasteiger partial charge on any atom is -0.167 e. The molecule has 0 nitrogen and oxygen atoms in total. The summed E-state index contributed by atoms with van der Waals surface area (Å²) < 4.78 is 0. The van der Waals surface area contributed by atoms with Crippen molar-refractivity contribution in [1.82, 2.24) is 0 Å². The lowest BCUT2D eigenvalue weighted by molar-refractivity contribution is 1.18. The van der Waals surface area contributed by atoms with Crippen molar-refractivity contribution in [3.05, 3.63) is 23.3 Å². The second-order valence-corrected chi connectivity index (χ2v) is 2.74. The van der Waals surface area contributed by atoms with Gasteiger partial charge < -0.3 is 0 Å². The first kappa shape index (κ1) is 5.96. The van der Waals surface area contributed by atoms with Crippen LogP contribution in [0.3, 0.4) is 0 Å². The van der Waals surface area contributed by atoms with Crippen molar-refractivity contribution in [3.63, 3.8) is 0 Å². The van der Waals surface area contributed by atoms with Gasteiger partial charge in [0.25, 0.3) is 0 Å². The van der Waals surface area contributed by atoms with Gasteiger partial charge in [0, 0.05) is 5.25 Å². The van der Waals surface area contributed by atoms with Crippen LogP contribution in [0.15, 0.2) is 23.3 Å². The normalized spacial score (nSPS) is 20.9. The smallest absolute Gasteiger partial charge is 0.0436 e. The zero-order chi connectivity index (χ0) is 6.15. The number of rotatable bonds is 0. The number of thiol groups is 1. The quantitative estimate of drug-likeness (QED) is 0.473. The van der Waals surface area contributed by atoms with Gasteiger partial charge in [0.05, 0.1) is 0 Å². The molecule has 0 saturated heterocycles. The van der Waals surface area contributed by atoms with Gasteiger partial charge >= 0.3 is 0 Å². The van der Waals surface area contributed by atoms with Gasteiger partial charge in [-0.05, 0) is 13.8 Å². The molecule has 0 saturated carbocycles. The van der Waals surface area contributed by atoms with Gasteiger partial charge in [0.1, 0.15) is 0 Å². The lowest BCUT2D eigenvalue weighted by Crippen LogP contribution is -1.95. The molecule has 0 atom stereocenters. The summed E-state index contributed by atoms with van der Waals surface area (Å²) in [5.41, 5.74) is 2.71. The zero-order valence-electron chi connectivity index (χ0n) is 5.18. The average molecular weight is 126 g/mol. The highest BCUT2D eigenvalue weighted by molar-refractivity contribution is 7.81. The molecule has 0 heterocycles. The van der Waals surface area contributed by atoms with Crippen molar-refractivity contribution in [3.8, 4) is 0 Å². The molecule has 0 aliphatic heterocycles. The second kappa shape index (κ2) is 1.98. The SMILES string of the molecule is CC1=CC=C(C)C1S. The highest BCUT2D eigenvalue weighted by Gasteiger charge is 2.10. The Morgan fingerprint density at radius 3 is 1.75 bits per heavy atom. The van der Waals surface area contributed by atoms with E-state index in [-0.39, 0.29) is 0 Å². The summed E-state index contributed by atoms with van der Waals surface area (Å²) in [6.45, 7) is 4.20. The molecule has 1 aliphatic carbocycles. The molecule has 44 valence electrons. The van der Waals surface area contributed by atoms with Gasteiger partial charge in [-0.1, -0.05) is 23.3 Å². The van der Waals surface area contributed by atoms with E-state index < -0.39 is 0 Å². The molecule has 0 aromatic heterocycles. The molecule has 1 rings (SSSR count). The summed E-state index contributed by atoms with van der Waals surface area (Å²) in [6.07, 6.45) is 4.24. The Bertz CT molecular complexity index is 136. The molecule has 0 aromatic rings. The third-order valence-electron chi connectivity index (χ3n) is 1.47. The lowest BCUT2D eigenvalue weighted by Gasteiger charge is -2.03. The van der Waals surface area contributed by atoms with Crippen molar-refractivity contribution in [1.29, 1.82) is 0 Å². The standard InChI is InChI=1S/C7H10S/c1-5-3-4-6(2)7(5)8/h3-4,7-8H,1-2H3. The summed E-state index contributed by atoms with van der Waals surface area (Å²) in [6, 6.07) is 0. The van der Waals surface area contributed by atoms with E-state index in [1.807, 2.05) is 0 Å². The Balaban J connectivity index is 2.75. The van der Waals surface area contributed by atoms with Gasteiger partial charge in [0.15, 0.2) is 0 Å². The summed E-state index contributed by atoms with van der Waals surface area (Å²) in [5.74, 6) is 0. The van der Waals surface area contributed by atoms with Crippen LogP contribution in [-0.2, 0) is 0 Å². The Hall–Kier alpha value is -0.170. The summed E-state index contributed by atoms with van der Waals surface area (Å²) in [4.78, 5) is 0. The van der Waals surface area contributed by atoms with E-state index in [2.05, 4.69) is 38.6 Å². The maximum Gasteiger partial charge on any atom is 0.0436 e. The number of hydrogen-bond acceptors (Lipinski definition) is 1. The van der Waals surface area contributed by atoms with Crippen molar-refractivity contribution < 1.29 is 0 Å². The first-order valence-electron chi connectivity index (χ1n) is 2.75. The molecule has 0 radical (unpaired) electrons. The highest BCUT2D eigenvalue weighted by Crippen LogP contribution is 2.23. The molecule has 0 amide bonds. The molecule has 8 heavy (non-hydrogen) atoms. The van der Waals surface area contributed by atoms with Crippen LogP contribution in [0.4, 0.5) is 0 Å². The van der Waals surface area contributed by atoms with Crippen LogP contribution in [0.5, 0.6) is 0 Å². The monoisotopic (exact) mass is 126 g/mol. The maximum atomic E-state index is 4.35. The fraction of sp³-hybridized carbons (Fsp3) is 0.429. The van der Waals surface area contributed by atoms with E-state index in [9.17, 15) is 0 Å². The van der Waals surface area contributed by atoms with Gasteiger partial charge in [-0.15, -0.1) is 0 Å². The molecular formula is C7H10S. The molecule has 0 spiro atoms. The van der Waals surface area contributed by atoms with Crippen molar-refractivity contribution in [2.24, 2.45) is 0 Å². The molecule has 0 unspecified atom stereocenters. The first-order chi connectivity index (χ1) is 3.72. The van der Waals surface area contributed by atoms with Gasteiger partial charge in [0.2, 0.25) is 0 Å². The largest absolute Gasteiger partial charge is 0.167 e. The first-order valence-corrected chi connectivity index (χ1v) is 3.26. The van der Waals surface area contributed by atoms with E-state index >= 15 is 0 Å². The van der Waals surface area contributed by atoms with Gasteiger partial charge in [-0.25, -0.2) is 0 Å². The predicted molar refractivity (Wildman–Crippen MR) is 40.3 cm³/mol. The van der Waals surface area contributed by atoms with E-state index in [1.54, 1.807) is 0 Å². The molecule has 1 heteroatoms. The third-order valence-corrected chi connectivity index (χ3v) is 2.29. The Labute approximate surface area is 55.7 Å². The fourth-order valence-electron chi connectivity index (χ4n) is 0.804. The molecule has 0 N–H and O–H groups in total. The molecule has 0 bridgehead atoms. The number of allylic oxidation sites excluding steroid dienone is 2. The van der Waals surface area contributed by atoms with E-state index in [1.165, 1.54) is 11.1 Å². The highest BCUT2D eigenvalue weighted by atomic mass is 32.1. The van der Waals surface area contributed by atoms with E-state index in [0.29, 0.717) is 5.25 Å². The van der Waals surface area contributed by atoms with Crippen molar-refractivity contribution >= 4 is 12.6 Å². The number of hydrogen-bond donors (Lipinski definition) is 1. The zero-order valence-corrected chi connectivity index (χ0v) is 6.07. The van der Waals surface area contributed by atoms with Crippen LogP contribution in [0.25, 0.3) is 0 Å². The predicted octanol–water partition coefficient (Wildman–Crippen LogP) is 2.19. The molecule has 1 aliphatic rings. The Morgan fingerprint density at radius 2 is 1.62 bits per heavy atom. The molecular weight excluding hydrogens is 116 g/mol. The van der Waals surface area contributed by atoms with Crippen LogP contribution >= 0.6 is 12.6 Å². The minimum absolute atomic E-state index is 0.398. The third kappa shape index (κ3) is 0.826. The van der Waals surface area contributed by atoms with Crippen LogP contribution in [-0.4, -0.2) is 5.25 Å². The van der Waals surface area contributed by atoms with Crippen LogP contribution in [0.2, 0.25) is 0 Å². The molecule has 0 aromatic carbocycles. The fourth-order valence-corrected chi connectivity index (χ4v) is 0.976. The van der Waals surface area contributed by atoms with E-state index in [4.69, 9.17) is 0 Å². The Kier molecular flexibility index (Phi) is 1.47. The minimum atomic E-state index is 0.398. The van der Waals surface area contributed by atoms with Crippen LogP contribution < -0.4 is 0 Å². The topological polar surface area (TPSA) is 0 Å². The van der Waals surface area contributed by atoms with E-state index in [0.717, 1.165) is 0 Å². The summed E-state index contributed by atoms with van der Waals surface area (Å²) in [7, 11) is 0. The molecule has 0 fully saturated rings. The lowest BCUT2D eigenvalue weighted by atomic mass is 10.2. The average Bonchev–Trinajstić information content (AvgIpc) is 1.98. The van der Waals surface area contributed by atoms with Crippen LogP contribution in [0, 0.1) is 0 Å². The van der Waals surface area contributed by atoms with Crippen molar-refractivity contribution in [2.45, 2.75) is 19.1 Å². The van der Waals surface area contributed by atoms with Crippen LogP contribution in [0.1, 0.15) is 13.8 Å². The second-order valence-electron chi connectivity index (χ2n) is 2.22. The maximum absolute atomic E-state index is 4.35. The summed E-state index contributed by atoms with van der Waals surface area (Å²) in [5, 5.41) is 0.398.